The van der Waals surface area contributed by atoms with Crippen LogP contribution in [0.2, 0.25) is 0 Å². The molecule has 2 N–H and O–H groups in total. The van der Waals surface area contributed by atoms with Crippen LogP contribution in [0.5, 0.6) is 5.88 Å². The molecule has 3 atom stereocenters. The first-order valence-corrected chi connectivity index (χ1v) is 11.4. The Hall–Kier alpha value is -3.16. The number of aliphatic hydroxyl groups is 1. The predicted molar refractivity (Wildman–Crippen MR) is 113 cm³/mol. The van der Waals surface area contributed by atoms with Gasteiger partial charge in [-0.2, -0.15) is 0 Å². The largest absolute Gasteiger partial charge is 0.475 e. The van der Waals surface area contributed by atoms with Gasteiger partial charge in [-0.05, 0) is 31.5 Å². The minimum absolute atomic E-state index is 0.0501. The van der Waals surface area contributed by atoms with E-state index in [9.17, 15) is 13.5 Å². The molecule has 4 heterocycles. The molecule has 0 aromatic carbocycles. The second kappa shape index (κ2) is 8.76. The number of fused-ring (bicyclic) bond motifs is 3. The summed E-state index contributed by atoms with van der Waals surface area (Å²) in [6, 6.07) is 2.82. The number of ether oxygens (including phenoxy) is 2. The third kappa shape index (κ3) is 4.01. The zero-order chi connectivity index (χ0) is 22.9. The summed E-state index contributed by atoms with van der Waals surface area (Å²) in [5.41, 5.74) is 1.38. The standard InChI is InChI=1S/C19H23N7O5S/c1-11-7-21-16(22-8-11)15(30-3)12(2)32(28,29)25-19-24-23-17-14-5-4-6-20-18(14)31-10-13(9-27)26(17)19/h4-8,12-13,15,27H,9-10H2,1-3H3,(H,24,25)/t12?,13-,15?/m0/s1. The number of hydrogen-bond acceptors (Lipinski definition) is 10. The van der Waals surface area contributed by atoms with Gasteiger partial charge < -0.3 is 14.6 Å². The van der Waals surface area contributed by atoms with Gasteiger partial charge in [0.05, 0.1) is 18.2 Å². The van der Waals surface area contributed by atoms with Crippen molar-refractivity contribution in [2.45, 2.75) is 31.2 Å². The van der Waals surface area contributed by atoms with Gasteiger partial charge in [0.1, 0.15) is 18.0 Å². The first-order valence-electron chi connectivity index (χ1n) is 9.82. The van der Waals surface area contributed by atoms with Crippen LogP contribution in [0.1, 0.15) is 30.5 Å². The Kier molecular flexibility index (Phi) is 6.04. The van der Waals surface area contributed by atoms with E-state index in [1.54, 1.807) is 30.7 Å². The molecule has 0 bridgehead atoms. The molecular formula is C19H23N7O5S. The van der Waals surface area contributed by atoms with E-state index >= 15 is 0 Å². The first kappa shape index (κ1) is 22.0. The minimum Gasteiger partial charge on any atom is -0.475 e. The molecule has 0 radical (unpaired) electrons. The Morgan fingerprint density at radius 3 is 2.75 bits per heavy atom. The van der Waals surface area contributed by atoms with Crippen molar-refractivity contribution in [2.24, 2.45) is 0 Å². The van der Waals surface area contributed by atoms with Gasteiger partial charge in [0.15, 0.2) is 11.6 Å². The van der Waals surface area contributed by atoms with Crippen LogP contribution in [-0.2, 0) is 14.8 Å². The fourth-order valence-electron chi connectivity index (χ4n) is 3.39. The molecule has 32 heavy (non-hydrogen) atoms. The van der Waals surface area contributed by atoms with E-state index in [0.29, 0.717) is 17.3 Å². The zero-order valence-electron chi connectivity index (χ0n) is 17.7. The summed E-state index contributed by atoms with van der Waals surface area (Å²) in [4.78, 5) is 12.6. The van der Waals surface area contributed by atoms with Crippen LogP contribution in [0.3, 0.4) is 0 Å². The van der Waals surface area contributed by atoms with Gasteiger partial charge in [0.2, 0.25) is 21.9 Å². The monoisotopic (exact) mass is 461 g/mol. The van der Waals surface area contributed by atoms with Crippen LogP contribution < -0.4 is 9.46 Å². The molecule has 0 fully saturated rings. The molecular weight excluding hydrogens is 438 g/mol. The van der Waals surface area contributed by atoms with Crippen LogP contribution in [0.25, 0.3) is 11.4 Å². The molecule has 0 saturated heterocycles. The number of rotatable bonds is 7. The van der Waals surface area contributed by atoms with E-state index in [1.807, 2.05) is 6.92 Å². The molecule has 12 nitrogen and oxygen atoms in total. The lowest BCUT2D eigenvalue weighted by molar-refractivity contribution is 0.0949. The minimum atomic E-state index is -4.02. The number of aromatic nitrogens is 6. The fraction of sp³-hybridized carbons (Fsp3) is 0.421. The highest BCUT2D eigenvalue weighted by molar-refractivity contribution is 7.93. The Morgan fingerprint density at radius 2 is 2.06 bits per heavy atom. The van der Waals surface area contributed by atoms with E-state index in [1.165, 1.54) is 18.6 Å². The summed E-state index contributed by atoms with van der Waals surface area (Å²) in [7, 11) is -2.63. The van der Waals surface area contributed by atoms with Crippen LogP contribution in [0, 0.1) is 6.92 Å². The zero-order valence-corrected chi connectivity index (χ0v) is 18.5. The Labute approximate surface area is 184 Å². The molecule has 3 aromatic rings. The molecule has 0 saturated carbocycles. The average molecular weight is 462 g/mol. The smallest absolute Gasteiger partial charge is 0.240 e. The van der Waals surface area contributed by atoms with E-state index in [2.05, 4.69) is 29.9 Å². The summed E-state index contributed by atoms with van der Waals surface area (Å²) in [6.07, 6.45) is 3.84. The van der Waals surface area contributed by atoms with Gasteiger partial charge >= 0.3 is 0 Å². The molecule has 2 unspecified atom stereocenters. The third-order valence-corrected chi connectivity index (χ3v) is 6.85. The highest BCUT2D eigenvalue weighted by Crippen LogP contribution is 2.35. The second-order valence-electron chi connectivity index (χ2n) is 7.35. The highest BCUT2D eigenvalue weighted by atomic mass is 32.2. The van der Waals surface area contributed by atoms with E-state index in [4.69, 9.17) is 9.47 Å². The van der Waals surface area contributed by atoms with Crippen molar-refractivity contribution in [2.75, 3.05) is 25.0 Å². The molecule has 170 valence electrons. The van der Waals surface area contributed by atoms with Crippen LogP contribution in [0.15, 0.2) is 30.7 Å². The molecule has 1 aliphatic heterocycles. The van der Waals surface area contributed by atoms with E-state index in [0.717, 1.165) is 5.56 Å². The lowest BCUT2D eigenvalue weighted by atomic mass is 10.2. The van der Waals surface area contributed by atoms with E-state index < -0.39 is 27.4 Å². The maximum Gasteiger partial charge on any atom is 0.240 e. The van der Waals surface area contributed by atoms with Gasteiger partial charge in [-0.25, -0.2) is 23.4 Å². The second-order valence-corrected chi connectivity index (χ2v) is 9.39. The van der Waals surface area contributed by atoms with Gasteiger partial charge in [0, 0.05) is 25.7 Å². The van der Waals surface area contributed by atoms with Gasteiger partial charge in [-0.3, -0.25) is 9.29 Å². The number of nitrogens with one attached hydrogen (secondary N) is 1. The average Bonchev–Trinajstić information content (AvgIpc) is 3.10. The number of hydrogen-bond donors (Lipinski definition) is 2. The number of anilines is 1. The quantitative estimate of drug-likeness (QED) is 0.518. The number of nitrogens with zero attached hydrogens (tertiary/aromatic N) is 6. The predicted octanol–water partition coefficient (Wildman–Crippen LogP) is 0.882. The maximum absolute atomic E-state index is 13.2. The first-order chi connectivity index (χ1) is 15.4. The van der Waals surface area contributed by atoms with Crippen molar-refractivity contribution in [3.05, 3.63) is 42.1 Å². The van der Waals surface area contributed by atoms with Crippen LogP contribution in [-0.4, -0.2) is 68.8 Å². The molecule has 13 heteroatoms. The van der Waals surface area contributed by atoms with Crippen molar-refractivity contribution >= 4 is 16.0 Å². The molecule has 0 amide bonds. The van der Waals surface area contributed by atoms with Gasteiger partial charge in [-0.15, -0.1) is 10.2 Å². The lowest BCUT2D eigenvalue weighted by Gasteiger charge is -2.23. The van der Waals surface area contributed by atoms with Crippen LogP contribution in [0.4, 0.5) is 5.95 Å². The van der Waals surface area contributed by atoms with Crippen molar-refractivity contribution in [3.63, 3.8) is 0 Å². The van der Waals surface area contributed by atoms with Crippen molar-refractivity contribution in [1.82, 2.24) is 29.7 Å². The SMILES string of the molecule is COC(c1ncc(C)cn1)C(C)S(=O)(=O)Nc1nnc2n1[C@@H](CO)COc1ncccc1-2. The number of aliphatic hydroxyl groups excluding tert-OH is 1. The molecule has 1 aliphatic rings. The molecule has 4 rings (SSSR count). The topological polar surface area (TPSA) is 154 Å². The van der Waals surface area contributed by atoms with E-state index in [-0.39, 0.29) is 25.0 Å². The lowest BCUT2D eigenvalue weighted by Crippen LogP contribution is -2.34. The van der Waals surface area contributed by atoms with Crippen molar-refractivity contribution in [1.29, 1.82) is 0 Å². The van der Waals surface area contributed by atoms with Gasteiger partial charge in [-0.1, -0.05) is 0 Å². The number of aryl methyl sites for hydroxylation is 1. The Balaban J connectivity index is 1.68. The molecule has 0 spiro atoms. The summed E-state index contributed by atoms with van der Waals surface area (Å²) >= 11 is 0. The summed E-state index contributed by atoms with van der Waals surface area (Å²) in [5, 5.41) is 17.0. The third-order valence-electron chi connectivity index (χ3n) is 5.15. The number of pyridine rings is 1. The maximum atomic E-state index is 13.2. The molecule has 0 aliphatic carbocycles. The van der Waals surface area contributed by atoms with Crippen molar-refractivity contribution < 1.29 is 23.0 Å². The molecule has 3 aromatic heterocycles. The summed E-state index contributed by atoms with van der Waals surface area (Å²) in [5.74, 6) is 0.861. The normalized spacial score (nSPS) is 17.4. The summed E-state index contributed by atoms with van der Waals surface area (Å²) in [6.45, 7) is 3.07. The van der Waals surface area contributed by atoms with Crippen LogP contribution >= 0.6 is 0 Å². The highest BCUT2D eigenvalue weighted by Gasteiger charge is 2.35. The Bertz CT molecular complexity index is 1200. The number of sulfonamides is 1. The van der Waals surface area contributed by atoms with Crippen molar-refractivity contribution in [3.8, 4) is 17.3 Å². The summed E-state index contributed by atoms with van der Waals surface area (Å²) < 4.78 is 41.5. The van der Waals surface area contributed by atoms with Gasteiger partial charge in [0.25, 0.3) is 0 Å². The number of methoxy groups -OCH3 is 1. The fourth-order valence-corrected chi connectivity index (χ4v) is 4.53. The Morgan fingerprint density at radius 1 is 1.31 bits per heavy atom.